The van der Waals surface area contributed by atoms with Crippen LogP contribution in [0.15, 0.2) is 100 Å². The first-order valence-electron chi connectivity index (χ1n) is 9.82. The first-order chi connectivity index (χ1) is 15.9. The summed E-state index contributed by atoms with van der Waals surface area (Å²) in [5.74, 6) is -4.10. The summed E-state index contributed by atoms with van der Waals surface area (Å²) in [5.41, 5.74) is 0.597. The molecule has 0 N–H and O–H groups in total. The molecule has 0 aliphatic carbocycles. The Labute approximate surface area is 191 Å². The molecule has 0 fully saturated rings. The highest BCUT2D eigenvalue weighted by Crippen LogP contribution is 2.62. The molecule has 164 valence electrons. The number of rotatable bonds is 1. The fourth-order valence-electron chi connectivity index (χ4n) is 4.01. The first-order valence-corrected chi connectivity index (χ1v) is 12.0. The van der Waals surface area contributed by atoms with Crippen LogP contribution in [-0.2, 0) is 0 Å². The van der Waals surface area contributed by atoms with Gasteiger partial charge in [0, 0.05) is 19.6 Å². The maximum absolute atomic E-state index is 14.2. The van der Waals surface area contributed by atoms with Crippen LogP contribution >= 0.6 is 22.7 Å². The first kappa shape index (κ1) is 20.4. The Morgan fingerprint density at radius 3 is 1.91 bits per heavy atom. The van der Waals surface area contributed by atoms with Gasteiger partial charge in [-0.05, 0) is 59.5 Å². The third kappa shape index (κ3) is 3.16. The van der Waals surface area contributed by atoms with Crippen molar-refractivity contribution in [1.29, 1.82) is 0 Å². The highest BCUT2D eigenvalue weighted by atomic mass is 32.2. The Kier molecular flexibility index (Phi) is 4.57. The van der Waals surface area contributed by atoms with E-state index in [1.54, 1.807) is 42.5 Å². The maximum Gasteiger partial charge on any atom is 0.200 e. The molecule has 5 aromatic rings. The number of hydrogen-bond acceptors (Lipinski definition) is 3. The van der Waals surface area contributed by atoms with E-state index < -0.39 is 34.2 Å². The number of hydrogen-bond donors (Lipinski definition) is 1. The van der Waals surface area contributed by atoms with Gasteiger partial charge >= 0.3 is 0 Å². The van der Waals surface area contributed by atoms with Gasteiger partial charge in [-0.3, -0.25) is 4.79 Å². The van der Waals surface area contributed by atoms with Crippen molar-refractivity contribution in [3.63, 3.8) is 0 Å². The molecule has 0 amide bonds. The van der Waals surface area contributed by atoms with Crippen LogP contribution in [0.2, 0.25) is 0 Å². The second-order valence-corrected chi connectivity index (χ2v) is 10.7. The minimum atomic E-state index is -1.60. The Bertz CT molecular complexity index is 1620. The summed E-state index contributed by atoms with van der Waals surface area (Å²) in [7, 11) is -1.60. The molecule has 6 rings (SSSR count). The van der Waals surface area contributed by atoms with Gasteiger partial charge in [-0.25, -0.2) is 17.6 Å². The molecule has 0 radical (unpaired) electrons. The van der Waals surface area contributed by atoms with Gasteiger partial charge in [-0.1, -0.05) is 23.9 Å². The number of thiol groups is 1. The van der Waals surface area contributed by atoms with Crippen LogP contribution in [0.1, 0.15) is 0 Å². The van der Waals surface area contributed by atoms with Gasteiger partial charge in [0.25, 0.3) is 0 Å². The van der Waals surface area contributed by atoms with Crippen molar-refractivity contribution in [1.82, 2.24) is 0 Å². The molecule has 1 aliphatic rings. The van der Waals surface area contributed by atoms with E-state index in [-0.39, 0.29) is 5.43 Å². The SMILES string of the molecule is O=c1c2ccccc2oc2ccc([SH]3c4cc(F)c(F)cc4Sc4cc(F)c(F)cc43)cc12. The van der Waals surface area contributed by atoms with E-state index in [9.17, 15) is 22.4 Å². The molecule has 0 atom stereocenters. The Balaban J connectivity index is 1.65. The highest BCUT2D eigenvalue weighted by Gasteiger charge is 2.29. The normalized spacial score (nSPS) is 13.9. The van der Waals surface area contributed by atoms with E-state index in [0.717, 1.165) is 36.0 Å². The molecule has 0 saturated heterocycles. The number of para-hydroxylation sites is 1. The van der Waals surface area contributed by atoms with Crippen LogP contribution in [0.5, 0.6) is 0 Å². The number of halogens is 4. The van der Waals surface area contributed by atoms with E-state index in [4.69, 9.17) is 4.42 Å². The van der Waals surface area contributed by atoms with E-state index >= 15 is 0 Å². The second-order valence-electron chi connectivity index (χ2n) is 7.51. The van der Waals surface area contributed by atoms with Crippen LogP contribution in [0.4, 0.5) is 17.6 Å². The predicted octanol–water partition coefficient (Wildman–Crippen LogP) is 7.45. The molecule has 0 bridgehead atoms. The summed E-state index contributed by atoms with van der Waals surface area (Å²) in [6.45, 7) is 0. The average Bonchev–Trinajstić information content (AvgIpc) is 2.80. The van der Waals surface area contributed by atoms with Gasteiger partial charge < -0.3 is 4.42 Å². The smallest absolute Gasteiger partial charge is 0.200 e. The van der Waals surface area contributed by atoms with Crippen molar-refractivity contribution < 1.29 is 22.0 Å². The summed E-state index contributed by atoms with van der Waals surface area (Å²) >= 11 is 1.06. The molecule has 0 unspecified atom stereocenters. The zero-order valence-electron chi connectivity index (χ0n) is 16.5. The molecule has 0 saturated carbocycles. The maximum atomic E-state index is 14.2. The number of benzene rings is 4. The molecule has 1 aromatic heterocycles. The Morgan fingerprint density at radius 2 is 1.24 bits per heavy atom. The summed E-state index contributed by atoms with van der Waals surface area (Å²) < 4.78 is 62.3. The van der Waals surface area contributed by atoms with Crippen LogP contribution in [0, 0.1) is 23.3 Å². The quantitative estimate of drug-likeness (QED) is 0.149. The highest BCUT2D eigenvalue weighted by molar-refractivity contribution is 8.18. The zero-order valence-corrected chi connectivity index (χ0v) is 18.2. The third-order valence-corrected chi connectivity index (χ3v) is 9.44. The standard InChI is InChI=1S/C25H12F4O2S2/c26-15-8-21-23(10-17(15)28)33(24-11-18(29)16(27)9-22(24)32-21)12-5-6-20-14(7-12)25(30)13-3-1-2-4-19(13)31-20/h1-11,33H. The van der Waals surface area contributed by atoms with Gasteiger partial charge in [0.05, 0.1) is 10.8 Å². The van der Waals surface area contributed by atoms with Gasteiger partial charge in [0.1, 0.15) is 11.2 Å². The van der Waals surface area contributed by atoms with Crippen molar-refractivity contribution in [2.75, 3.05) is 0 Å². The number of fused-ring (bicyclic) bond motifs is 4. The zero-order chi connectivity index (χ0) is 22.9. The lowest BCUT2D eigenvalue weighted by atomic mass is 10.1. The second kappa shape index (κ2) is 7.40. The fraction of sp³-hybridized carbons (Fsp3) is 0. The Hall–Kier alpha value is -3.23. The van der Waals surface area contributed by atoms with Crippen molar-refractivity contribution in [3.05, 3.63) is 100 Å². The minimum absolute atomic E-state index is 0.230. The lowest BCUT2D eigenvalue weighted by Crippen LogP contribution is -2.04. The van der Waals surface area contributed by atoms with E-state index in [1.807, 2.05) is 0 Å². The van der Waals surface area contributed by atoms with Crippen molar-refractivity contribution in [2.45, 2.75) is 24.5 Å². The molecule has 2 nitrogen and oxygen atoms in total. The van der Waals surface area contributed by atoms with Gasteiger partial charge in [-0.2, -0.15) is 10.9 Å². The fourth-order valence-corrected chi connectivity index (χ4v) is 8.07. The third-order valence-electron chi connectivity index (χ3n) is 5.52. The van der Waals surface area contributed by atoms with Gasteiger partial charge in [0.2, 0.25) is 5.43 Å². The van der Waals surface area contributed by atoms with Crippen LogP contribution in [0.25, 0.3) is 21.9 Å². The van der Waals surface area contributed by atoms with Crippen molar-refractivity contribution in [3.8, 4) is 0 Å². The molecule has 4 aromatic carbocycles. The summed E-state index contributed by atoms with van der Waals surface area (Å²) in [5, 5.41) is 0.733. The van der Waals surface area contributed by atoms with Crippen LogP contribution in [-0.4, -0.2) is 0 Å². The Morgan fingerprint density at radius 1 is 0.667 bits per heavy atom. The van der Waals surface area contributed by atoms with Crippen molar-refractivity contribution in [2.24, 2.45) is 0 Å². The lowest BCUT2D eigenvalue weighted by Gasteiger charge is -2.31. The molecule has 2 heterocycles. The van der Waals surface area contributed by atoms with E-state index in [0.29, 0.717) is 46.4 Å². The lowest BCUT2D eigenvalue weighted by molar-refractivity contribution is 0.499. The summed E-state index contributed by atoms with van der Waals surface area (Å²) in [6, 6.07) is 16.2. The molecule has 0 spiro atoms. The monoisotopic (exact) mass is 484 g/mol. The topological polar surface area (TPSA) is 30.2 Å². The van der Waals surface area contributed by atoms with E-state index in [2.05, 4.69) is 0 Å². The predicted molar refractivity (Wildman–Crippen MR) is 121 cm³/mol. The summed E-state index contributed by atoms with van der Waals surface area (Å²) in [4.78, 5) is 15.5. The van der Waals surface area contributed by atoms with E-state index in [1.165, 1.54) is 0 Å². The van der Waals surface area contributed by atoms with Gasteiger partial charge in [-0.15, -0.1) is 0 Å². The van der Waals surface area contributed by atoms with Crippen LogP contribution in [0.3, 0.4) is 0 Å². The van der Waals surface area contributed by atoms with Crippen molar-refractivity contribution >= 4 is 44.6 Å². The largest absolute Gasteiger partial charge is 0.456 e. The van der Waals surface area contributed by atoms with Crippen LogP contribution < -0.4 is 5.43 Å². The molecular weight excluding hydrogens is 472 g/mol. The van der Waals surface area contributed by atoms with Gasteiger partial charge in [0.15, 0.2) is 23.3 Å². The minimum Gasteiger partial charge on any atom is -0.456 e. The molecule has 8 heteroatoms. The molecular formula is C25H12F4O2S2. The molecule has 1 aliphatic heterocycles. The average molecular weight is 484 g/mol. The summed E-state index contributed by atoms with van der Waals surface area (Å²) in [6.07, 6.45) is 0. The molecule has 33 heavy (non-hydrogen) atoms.